The lowest BCUT2D eigenvalue weighted by Crippen LogP contribution is -2.18. The van der Waals surface area contributed by atoms with Crippen LogP contribution in [0.3, 0.4) is 0 Å². The Morgan fingerprint density at radius 2 is 1.89 bits per heavy atom. The van der Waals surface area contributed by atoms with Gasteiger partial charge in [0.2, 0.25) is 0 Å². The van der Waals surface area contributed by atoms with Crippen molar-refractivity contribution in [2.45, 2.75) is 44.4 Å². The lowest BCUT2D eigenvalue weighted by atomic mass is 9.95. The molecule has 1 aromatic carbocycles. The quantitative estimate of drug-likeness (QED) is 0.717. The van der Waals surface area contributed by atoms with Crippen molar-refractivity contribution in [3.8, 4) is 5.75 Å². The summed E-state index contributed by atoms with van der Waals surface area (Å²) >= 11 is 1.29. The third-order valence-electron chi connectivity index (χ3n) is 2.67. The van der Waals surface area contributed by atoms with Gasteiger partial charge in [-0.15, -0.1) is 24.9 Å². The Balaban J connectivity index is 3.30. The Morgan fingerprint density at radius 1 is 1.28 bits per heavy atom. The molecular weight excluding hydrogens is 261 g/mol. The first kappa shape index (κ1) is 15.2. The normalized spacial score (nSPS) is 12.0. The molecule has 1 aromatic rings. The first-order valence-corrected chi connectivity index (χ1v) is 6.98. The summed E-state index contributed by atoms with van der Waals surface area (Å²) in [5.41, 5.74) is 2.02. The molecule has 0 atom stereocenters. The summed E-state index contributed by atoms with van der Waals surface area (Å²) < 4.78 is 41.0. The van der Waals surface area contributed by atoms with Crippen LogP contribution in [0, 0.1) is 0 Å². The first-order valence-electron chi connectivity index (χ1n) is 5.75. The molecule has 0 aliphatic heterocycles. The maximum Gasteiger partial charge on any atom is 0.573 e. The summed E-state index contributed by atoms with van der Waals surface area (Å²) in [5.74, 6) is 0.182. The van der Waals surface area contributed by atoms with Crippen molar-refractivity contribution in [2.24, 2.45) is 0 Å². The Kier molecular flexibility index (Phi) is 4.96. The van der Waals surface area contributed by atoms with Gasteiger partial charge in [-0.25, -0.2) is 0 Å². The molecule has 0 radical (unpaired) electrons. The van der Waals surface area contributed by atoms with Gasteiger partial charge in [0.05, 0.1) is 4.90 Å². The highest BCUT2D eigenvalue weighted by Gasteiger charge is 2.32. The highest BCUT2D eigenvalue weighted by atomic mass is 32.2. The van der Waals surface area contributed by atoms with E-state index in [1.54, 1.807) is 12.3 Å². The van der Waals surface area contributed by atoms with Gasteiger partial charge < -0.3 is 4.74 Å². The van der Waals surface area contributed by atoms with Crippen LogP contribution in [0.15, 0.2) is 17.0 Å². The molecule has 18 heavy (non-hydrogen) atoms. The number of rotatable bonds is 4. The van der Waals surface area contributed by atoms with E-state index >= 15 is 0 Å². The molecule has 0 bridgehead atoms. The van der Waals surface area contributed by atoms with Crippen LogP contribution in [0.4, 0.5) is 13.2 Å². The Labute approximate surface area is 110 Å². The maximum absolute atomic E-state index is 12.3. The molecule has 1 rings (SSSR count). The van der Waals surface area contributed by atoms with E-state index in [2.05, 4.69) is 4.74 Å². The van der Waals surface area contributed by atoms with Crippen molar-refractivity contribution in [2.75, 3.05) is 6.26 Å². The van der Waals surface area contributed by atoms with Gasteiger partial charge in [-0.2, -0.15) is 0 Å². The molecule has 0 unspecified atom stereocenters. The second kappa shape index (κ2) is 5.87. The molecular formula is C13H17F3OS. The molecule has 102 valence electrons. The van der Waals surface area contributed by atoms with Gasteiger partial charge in [0, 0.05) is 0 Å². The van der Waals surface area contributed by atoms with Crippen LogP contribution in [0.1, 0.15) is 37.8 Å². The zero-order valence-electron chi connectivity index (χ0n) is 10.9. The summed E-state index contributed by atoms with van der Waals surface area (Å²) in [6.45, 7) is 6.00. The average molecular weight is 278 g/mol. The second-order valence-corrected chi connectivity index (χ2v) is 5.04. The van der Waals surface area contributed by atoms with E-state index in [1.807, 2.05) is 20.8 Å². The lowest BCUT2D eigenvalue weighted by Gasteiger charge is -2.19. The predicted octanol–water partition coefficient (Wildman–Crippen LogP) is 4.99. The minimum absolute atomic E-state index is 0.101. The smallest absolute Gasteiger partial charge is 0.405 e. The molecule has 0 heterocycles. The fraction of sp³-hybridized carbons (Fsp3) is 0.538. The van der Waals surface area contributed by atoms with E-state index in [0.717, 1.165) is 11.1 Å². The predicted molar refractivity (Wildman–Crippen MR) is 68.4 cm³/mol. The SMILES string of the molecule is CCc1c(C(C)C)ccc(OC(F)(F)F)c1SC. The van der Waals surface area contributed by atoms with E-state index in [-0.39, 0.29) is 11.7 Å². The van der Waals surface area contributed by atoms with E-state index < -0.39 is 6.36 Å². The van der Waals surface area contributed by atoms with E-state index in [1.165, 1.54) is 17.8 Å². The topological polar surface area (TPSA) is 9.23 Å². The molecule has 0 fully saturated rings. The third-order valence-corrected chi connectivity index (χ3v) is 3.52. The summed E-state index contributed by atoms with van der Waals surface area (Å²) in [6.07, 6.45) is -2.19. The highest BCUT2D eigenvalue weighted by Crippen LogP contribution is 2.38. The van der Waals surface area contributed by atoms with Gasteiger partial charge in [-0.05, 0) is 35.8 Å². The summed E-state index contributed by atoms with van der Waals surface area (Å²) in [4.78, 5) is 0.584. The number of alkyl halides is 3. The van der Waals surface area contributed by atoms with Gasteiger partial charge >= 0.3 is 6.36 Å². The van der Waals surface area contributed by atoms with Gasteiger partial charge in [0.1, 0.15) is 5.75 Å². The Morgan fingerprint density at radius 3 is 2.28 bits per heavy atom. The van der Waals surface area contributed by atoms with Crippen LogP contribution in [0.5, 0.6) is 5.75 Å². The molecule has 0 amide bonds. The van der Waals surface area contributed by atoms with Crippen molar-refractivity contribution in [1.29, 1.82) is 0 Å². The first-order chi connectivity index (χ1) is 8.30. The van der Waals surface area contributed by atoms with E-state index in [0.29, 0.717) is 11.3 Å². The minimum Gasteiger partial charge on any atom is -0.405 e. The third kappa shape index (κ3) is 3.57. The van der Waals surface area contributed by atoms with Gasteiger partial charge in [-0.1, -0.05) is 26.8 Å². The molecule has 0 aliphatic carbocycles. The molecule has 1 nitrogen and oxygen atoms in total. The van der Waals surface area contributed by atoms with E-state index in [4.69, 9.17) is 0 Å². The molecule has 0 saturated carbocycles. The van der Waals surface area contributed by atoms with Crippen molar-refractivity contribution >= 4 is 11.8 Å². The standard InChI is InChI=1S/C13H17F3OS/c1-5-9-10(8(2)3)6-7-11(12(9)18-4)17-13(14,15)16/h6-8H,5H2,1-4H3. The molecule has 0 aliphatic rings. The minimum atomic E-state index is -4.64. The summed E-state index contributed by atoms with van der Waals surface area (Å²) in [7, 11) is 0. The van der Waals surface area contributed by atoms with Crippen LogP contribution in [0.25, 0.3) is 0 Å². The van der Waals surface area contributed by atoms with Crippen molar-refractivity contribution in [1.82, 2.24) is 0 Å². The highest BCUT2D eigenvalue weighted by molar-refractivity contribution is 7.98. The fourth-order valence-corrected chi connectivity index (χ4v) is 2.78. The Hall–Kier alpha value is -0.840. The number of halogens is 3. The van der Waals surface area contributed by atoms with Crippen molar-refractivity contribution in [3.05, 3.63) is 23.3 Å². The molecule has 0 spiro atoms. The zero-order chi connectivity index (χ0) is 13.9. The van der Waals surface area contributed by atoms with Crippen molar-refractivity contribution < 1.29 is 17.9 Å². The lowest BCUT2D eigenvalue weighted by molar-refractivity contribution is -0.275. The largest absolute Gasteiger partial charge is 0.573 e. The van der Waals surface area contributed by atoms with Crippen molar-refractivity contribution in [3.63, 3.8) is 0 Å². The Bertz CT molecular complexity index is 413. The number of benzene rings is 1. The second-order valence-electron chi connectivity index (χ2n) is 4.22. The molecule has 0 N–H and O–H groups in total. The number of hydrogen-bond donors (Lipinski definition) is 0. The average Bonchev–Trinajstić information content (AvgIpc) is 2.25. The maximum atomic E-state index is 12.3. The fourth-order valence-electron chi connectivity index (χ4n) is 1.96. The summed E-state index contributed by atoms with van der Waals surface area (Å²) in [5, 5.41) is 0. The van der Waals surface area contributed by atoms with E-state index in [9.17, 15) is 13.2 Å². The monoisotopic (exact) mass is 278 g/mol. The van der Waals surface area contributed by atoms with Crippen LogP contribution in [-0.4, -0.2) is 12.6 Å². The van der Waals surface area contributed by atoms with Crippen LogP contribution in [-0.2, 0) is 6.42 Å². The van der Waals surface area contributed by atoms with Crippen LogP contribution >= 0.6 is 11.8 Å². The number of thioether (sulfide) groups is 1. The van der Waals surface area contributed by atoms with Gasteiger partial charge in [0.25, 0.3) is 0 Å². The van der Waals surface area contributed by atoms with Gasteiger partial charge in [0.15, 0.2) is 0 Å². The molecule has 0 aromatic heterocycles. The van der Waals surface area contributed by atoms with Crippen LogP contribution < -0.4 is 4.74 Å². The number of hydrogen-bond acceptors (Lipinski definition) is 2. The molecule has 0 saturated heterocycles. The zero-order valence-corrected chi connectivity index (χ0v) is 11.7. The van der Waals surface area contributed by atoms with Crippen LogP contribution in [0.2, 0.25) is 0 Å². The number of ether oxygens (including phenoxy) is 1. The van der Waals surface area contributed by atoms with Gasteiger partial charge in [-0.3, -0.25) is 0 Å². The summed E-state index contributed by atoms with van der Waals surface area (Å²) in [6, 6.07) is 3.14. The molecule has 5 heteroatoms.